The van der Waals surface area contributed by atoms with E-state index in [2.05, 4.69) is 38.1 Å². The van der Waals surface area contributed by atoms with Crippen molar-refractivity contribution in [2.45, 2.75) is 55.1 Å². The molecule has 3 atom stereocenters. The molecule has 1 aliphatic heterocycles. The van der Waals surface area contributed by atoms with Crippen LogP contribution in [0.4, 0.5) is 0 Å². The third-order valence-electron chi connectivity index (χ3n) is 3.24. The van der Waals surface area contributed by atoms with Crippen molar-refractivity contribution >= 4 is 11.8 Å². The number of rotatable bonds is 3. The fourth-order valence-electron chi connectivity index (χ4n) is 2.16. The van der Waals surface area contributed by atoms with Crippen LogP contribution in [0.5, 0.6) is 0 Å². The first-order chi connectivity index (χ1) is 7.99. The van der Waals surface area contributed by atoms with E-state index in [0.29, 0.717) is 5.25 Å². The van der Waals surface area contributed by atoms with Crippen LogP contribution in [0.15, 0.2) is 35.2 Å². The highest BCUT2D eigenvalue weighted by atomic mass is 32.2. The van der Waals surface area contributed by atoms with Gasteiger partial charge in [-0.15, -0.1) is 11.8 Å². The molecule has 1 N–H and O–H groups in total. The van der Waals surface area contributed by atoms with Gasteiger partial charge in [0.1, 0.15) is 0 Å². The van der Waals surface area contributed by atoms with Gasteiger partial charge in [0.25, 0.3) is 0 Å². The average Bonchev–Trinajstić information content (AvgIpc) is 2.56. The second-order valence-corrected chi connectivity index (χ2v) is 6.43. The van der Waals surface area contributed by atoms with Gasteiger partial charge in [0, 0.05) is 10.1 Å². The lowest BCUT2D eigenvalue weighted by atomic mass is 10.0. The summed E-state index contributed by atoms with van der Waals surface area (Å²) in [4.78, 5) is 1.26. The molecule has 0 amide bonds. The summed E-state index contributed by atoms with van der Waals surface area (Å²) < 4.78 is 5.92. The van der Waals surface area contributed by atoms with Crippen LogP contribution in [0.3, 0.4) is 0 Å². The Morgan fingerprint density at radius 3 is 2.53 bits per heavy atom. The highest BCUT2D eigenvalue weighted by molar-refractivity contribution is 8.00. The SMILES string of the molecule is C[C@@H](O)[C@@H]1C[C@@H](Sc2ccccc2)C(C)(C)O1. The van der Waals surface area contributed by atoms with E-state index < -0.39 is 6.10 Å². The van der Waals surface area contributed by atoms with Crippen LogP contribution in [0.1, 0.15) is 27.2 Å². The number of benzene rings is 1. The number of hydrogen-bond donors (Lipinski definition) is 1. The van der Waals surface area contributed by atoms with Gasteiger partial charge >= 0.3 is 0 Å². The maximum Gasteiger partial charge on any atom is 0.0850 e. The van der Waals surface area contributed by atoms with Crippen LogP contribution in [-0.2, 0) is 4.74 Å². The van der Waals surface area contributed by atoms with Gasteiger partial charge in [0.2, 0.25) is 0 Å². The molecule has 17 heavy (non-hydrogen) atoms. The van der Waals surface area contributed by atoms with Crippen molar-refractivity contribution in [3.8, 4) is 0 Å². The Labute approximate surface area is 107 Å². The summed E-state index contributed by atoms with van der Waals surface area (Å²) in [6.45, 7) is 6.02. The maximum absolute atomic E-state index is 9.63. The first kappa shape index (κ1) is 12.9. The molecular formula is C14H20O2S. The lowest BCUT2D eigenvalue weighted by Gasteiger charge is -2.25. The molecule has 2 rings (SSSR count). The molecule has 3 heteroatoms. The molecule has 1 aliphatic rings. The van der Waals surface area contributed by atoms with Crippen LogP contribution in [0, 0.1) is 0 Å². The molecule has 0 unspecified atom stereocenters. The molecule has 1 aromatic rings. The molecule has 0 radical (unpaired) electrons. The molecule has 1 fully saturated rings. The van der Waals surface area contributed by atoms with Crippen LogP contribution in [0.2, 0.25) is 0 Å². The van der Waals surface area contributed by atoms with Crippen molar-refractivity contribution in [1.82, 2.24) is 0 Å². The lowest BCUT2D eigenvalue weighted by Crippen LogP contribution is -2.31. The second kappa shape index (κ2) is 5.01. The fraction of sp³-hybridized carbons (Fsp3) is 0.571. The number of thioether (sulfide) groups is 1. The quantitative estimate of drug-likeness (QED) is 0.896. The summed E-state index contributed by atoms with van der Waals surface area (Å²) in [6.07, 6.45) is 0.478. The normalized spacial score (nSPS) is 29.2. The Kier molecular flexibility index (Phi) is 3.81. The first-order valence-corrected chi connectivity index (χ1v) is 6.94. The molecule has 0 saturated carbocycles. The summed E-state index contributed by atoms with van der Waals surface area (Å²) in [5, 5.41) is 10.0. The van der Waals surface area contributed by atoms with Gasteiger partial charge in [-0.05, 0) is 39.3 Å². The van der Waals surface area contributed by atoms with E-state index in [1.165, 1.54) is 4.90 Å². The molecule has 1 saturated heterocycles. The predicted octanol–water partition coefficient (Wildman–Crippen LogP) is 3.10. The minimum atomic E-state index is -0.393. The summed E-state index contributed by atoms with van der Waals surface area (Å²) in [7, 11) is 0. The van der Waals surface area contributed by atoms with Crippen LogP contribution in [-0.4, -0.2) is 28.2 Å². The van der Waals surface area contributed by atoms with Gasteiger partial charge in [-0.3, -0.25) is 0 Å². The van der Waals surface area contributed by atoms with Crippen molar-refractivity contribution in [1.29, 1.82) is 0 Å². The molecule has 0 aromatic heterocycles. The van der Waals surface area contributed by atoms with Gasteiger partial charge in [0.15, 0.2) is 0 Å². The van der Waals surface area contributed by atoms with E-state index >= 15 is 0 Å². The summed E-state index contributed by atoms with van der Waals surface area (Å²) in [5.41, 5.74) is -0.178. The number of hydrogen-bond acceptors (Lipinski definition) is 3. The lowest BCUT2D eigenvalue weighted by molar-refractivity contribution is -0.0640. The summed E-state index contributed by atoms with van der Waals surface area (Å²) >= 11 is 1.84. The van der Waals surface area contributed by atoms with Crippen LogP contribution >= 0.6 is 11.8 Å². The number of aliphatic hydroxyl groups excluding tert-OH is 1. The zero-order valence-corrected chi connectivity index (χ0v) is 11.4. The van der Waals surface area contributed by atoms with E-state index in [9.17, 15) is 5.11 Å². The molecule has 1 aromatic carbocycles. The van der Waals surface area contributed by atoms with E-state index in [0.717, 1.165) is 6.42 Å². The smallest absolute Gasteiger partial charge is 0.0850 e. The average molecular weight is 252 g/mol. The largest absolute Gasteiger partial charge is 0.391 e. The fourth-order valence-corrected chi connectivity index (χ4v) is 3.43. The van der Waals surface area contributed by atoms with Gasteiger partial charge < -0.3 is 9.84 Å². The maximum atomic E-state index is 9.63. The van der Waals surface area contributed by atoms with Gasteiger partial charge in [-0.25, -0.2) is 0 Å². The molecule has 94 valence electrons. The topological polar surface area (TPSA) is 29.5 Å². The van der Waals surface area contributed by atoms with Crippen molar-refractivity contribution in [3.05, 3.63) is 30.3 Å². The van der Waals surface area contributed by atoms with Crippen molar-refractivity contribution in [2.75, 3.05) is 0 Å². The Morgan fingerprint density at radius 2 is 2.00 bits per heavy atom. The van der Waals surface area contributed by atoms with Crippen LogP contribution < -0.4 is 0 Å². The zero-order chi connectivity index (χ0) is 12.5. The molecule has 0 bridgehead atoms. The van der Waals surface area contributed by atoms with Gasteiger partial charge in [-0.2, -0.15) is 0 Å². The third-order valence-corrected chi connectivity index (χ3v) is 4.83. The van der Waals surface area contributed by atoms with Crippen molar-refractivity contribution in [2.24, 2.45) is 0 Å². The molecule has 1 heterocycles. The molecule has 0 aliphatic carbocycles. The van der Waals surface area contributed by atoms with Gasteiger partial charge in [0.05, 0.1) is 17.8 Å². The standard InChI is InChI=1S/C14H20O2S/c1-10(15)12-9-13(14(2,3)16-12)17-11-7-5-4-6-8-11/h4-8,10,12-13,15H,9H2,1-3H3/t10-,12+,13-/m1/s1. The highest BCUT2D eigenvalue weighted by Gasteiger charge is 2.43. The van der Waals surface area contributed by atoms with E-state index in [1.54, 1.807) is 6.92 Å². The first-order valence-electron chi connectivity index (χ1n) is 6.06. The van der Waals surface area contributed by atoms with E-state index in [4.69, 9.17) is 4.74 Å². The van der Waals surface area contributed by atoms with E-state index in [1.807, 2.05) is 17.8 Å². The Morgan fingerprint density at radius 1 is 1.35 bits per heavy atom. The van der Waals surface area contributed by atoms with Crippen molar-refractivity contribution in [3.63, 3.8) is 0 Å². The summed E-state index contributed by atoms with van der Waals surface area (Å²) in [5.74, 6) is 0. The molecule has 0 spiro atoms. The minimum Gasteiger partial charge on any atom is -0.391 e. The second-order valence-electron chi connectivity index (χ2n) is 5.16. The molecule has 2 nitrogen and oxygen atoms in total. The third kappa shape index (κ3) is 3.03. The Bertz CT molecular complexity index is 362. The van der Waals surface area contributed by atoms with Gasteiger partial charge in [-0.1, -0.05) is 18.2 Å². The monoisotopic (exact) mass is 252 g/mol. The Balaban J connectivity index is 2.06. The van der Waals surface area contributed by atoms with Crippen LogP contribution in [0.25, 0.3) is 0 Å². The highest BCUT2D eigenvalue weighted by Crippen LogP contribution is 2.42. The van der Waals surface area contributed by atoms with Crippen molar-refractivity contribution < 1.29 is 9.84 Å². The van der Waals surface area contributed by atoms with E-state index in [-0.39, 0.29) is 11.7 Å². The number of ether oxygens (including phenoxy) is 1. The Hall–Kier alpha value is -0.510. The predicted molar refractivity (Wildman–Crippen MR) is 71.3 cm³/mol. The minimum absolute atomic E-state index is 0.0359. The summed E-state index contributed by atoms with van der Waals surface area (Å²) in [6, 6.07) is 10.4. The number of aliphatic hydroxyl groups is 1. The molecular weight excluding hydrogens is 232 g/mol. The zero-order valence-electron chi connectivity index (χ0n) is 10.6.